The summed E-state index contributed by atoms with van der Waals surface area (Å²) in [5, 5.41) is 12.4. The van der Waals surface area contributed by atoms with Crippen LogP contribution in [-0.2, 0) is 4.79 Å². The summed E-state index contributed by atoms with van der Waals surface area (Å²) in [6, 6.07) is 0.238. The zero-order chi connectivity index (χ0) is 12.1. The quantitative estimate of drug-likeness (QED) is 0.741. The van der Waals surface area contributed by atoms with Crippen LogP contribution in [0.4, 0.5) is 0 Å². The Bertz CT molecular complexity index is 223. The Morgan fingerprint density at radius 3 is 2.44 bits per heavy atom. The van der Waals surface area contributed by atoms with Crippen molar-refractivity contribution < 1.29 is 9.90 Å². The summed E-state index contributed by atoms with van der Waals surface area (Å²) in [4.78, 5) is 13.1. The molecule has 0 radical (unpaired) electrons. The number of hydrogen-bond donors (Lipinski definition) is 2. The lowest BCUT2D eigenvalue weighted by Gasteiger charge is -2.37. The van der Waals surface area contributed by atoms with E-state index in [-0.39, 0.29) is 18.1 Å². The monoisotopic (exact) mass is 228 g/mol. The number of piperidine rings is 1. The van der Waals surface area contributed by atoms with Crippen molar-refractivity contribution in [2.24, 2.45) is 5.92 Å². The van der Waals surface area contributed by atoms with Crippen LogP contribution in [0.5, 0.6) is 0 Å². The third-order valence-corrected chi connectivity index (χ3v) is 3.56. The van der Waals surface area contributed by atoms with E-state index in [9.17, 15) is 9.90 Å². The SMILES string of the molecule is CC(=O)NCC1CCN(C(C)C(C)O)CC1. The summed E-state index contributed by atoms with van der Waals surface area (Å²) in [5.41, 5.74) is 0. The second-order valence-corrected chi connectivity index (χ2v) is 4.90. The lowest BCUT2D eigenvalue weighted by Crippen LogP contribution is -2.46. The lowest BCUT2D eigenvalue weighted by molar-refractivity contribution is -0.119. The van der Waals surface area contributed by atoms with E-state index in [1.165, 1.54) is 0 Å². The van der Waals surface area contributed by atoms with Gasteiger partial charge in [0.15, 0.2) is 0 Å². The van der Waals surface area contributed by atoms with Gasteiger partial charge in [-0.1, -0.05) is 0 Å². The van der Waals surface area contributed by atoms with Crippen LogP contribution in [0.25, 0.3) is 0 Å². The number of aliphatic hydroxyl groups is 1. The summed E-state index contributed by atoms with van der Waals surface area (Å²) >= 11 is 0. The Hall–Kier alpha value is -0.610. The zero-order valence-corrected chi connectivity index (χ0v) is 10.6. The van der Waals surface area contributed by atoms with Crippen LogP contribution in [-0.4, -0.2) is 47.7 Å². The topological polar surface area (TPSA) is 52.6 Å². The molecular formula is C12H24N2O2. The van der Waals surface area contributed by atoms with Crippen LogP contribution in [0.3, 0.4) is 0 Å². The number of rotatable bonds is 4. The summed E-state index contributed by atoms with van der Waals surface area (Å²) in [6.07, 6.45) is 1.95. The van der Waals surface area contributed by atoms with Crippen molar-refractivity contribution in [1.29, 1.82) is 0 Å². The van der Waals surface area contributed by atoms with Gasteiger partial charge in [0.2, 0.25) is 5.91 Å². The van der Waals surface area contributed by atoms with Crippen LogP contribution >= 0.6 is 0 Å². The highest BCUT2D eigenvalue weighted by molar-refractivity contribution is 5.72. The number of likely N-dealkylation sites (tertiary alicyclic amines) is 1. The van der Waals surface area contributed by atoms with Gasteiger partial charge in [-0.15, -0.1) is 0 Å². The van der Waals surface area contributed by atoms with Gasteiger partial charge in [-0.25, -0.2) is 0 Å². The molecule has 1 amide bonds. The van der Waals surface area contributed by atoms with Crippen molar-refractivity contribution >= 4 is 5.91 Å². The van der Waals surface area contributed by atoms with E-state index >= 15 is 0 Å². The number of carbonyl (C=O) groups is 1. The second-order valence-electron chi connectivity index (χ2n) is 4.90. The molecule has 0 bridgehead atoms. The first-order valence-corrected chi connectivity index (χ1v) is 6.17. The van der Waals surface area contributed by atoms with Crippen molar-refractivity contribution in [1.82, 2.24) is 10.2 Å². The van der Waals surface area contributed by atoms with Gasteiger partial charge in [0, 0.05) is 19.5 Å². The van der Waals surface area contributed by atoms with Gasteiger partial charge in [0.05, 0.1) is 6.10 Å². The lowest BCUT2D eigenvalue weighted by atomic mass is 9.95. The van der Waals surface area contributed by atoms with Crippen LogP contribution < -0.4 is 5.32 Å². The highest BCUT2D eigenvalue weighted by Crippen LogP contribution is 2.19. The highest BCUT2D eigenvalue weighted by Gasteiger charge is 2.24. The number of carbonyl (C=O) groups excluding carboxylic acids is 1. The average molecular weight is 228 g/mol. The van der Waals surface area contributed by atoms with Gasteiger partial charge < -0.3 is 10.4 Å². The van der Waals surface area contributed by atoms with E-state index in [1.807, 2.05) is 6.92 Å². The smallest absolute Gasteiger partial charge is 0.216 e. The number of aliphatic hydroxyl groups excluding tert-OH is 1. The number of nitrogens with zero attached hydrogens (tertiary/aromatic N) is 1. The predicted molar refractivity (Wildman–Crippen MR) is 64.1 cm³/mol. The van der Waals surface area contributed by atoms with E-state index in [4.69, 9.17) is 0 Å². The standard InChI is InChI=1S/C12H24N2O2/c1-9(10(2)15)14-6-4-12(5-7-14)8-13-11(3)16/h9-10,12,15H,4-8H2,1-3H3,(H,13,16). The molecule has 4 nitrogen and oxygen atoms in total. The van der Waals surface area contributed by atoms with E-state index in [0.29, 0.717) is 5.92 Å². The normalized spacial score (nSPS) is 22.8. The minimum absolute atomic E-state index is 0.0554. The van der Waals surface area contributed by atoms with E-state index in [2.05, 4.69) is 17.1 Å². The molecule has 0 aromatic heterocycles. The second kappa shape index (κ2) is 6.21. The molecule has 2 unspecified atom stereocenters. The van der Waals surface area contributed by atoms with Gasteiger partial charge in [-0.2, -0.15) is 0 Å². The Morgan fingerprint density at radius 1 is 1.44 bits per heavy atom. The van der Waals surface area contributed by atoms with Crippen molar-refractivity contribution in [3.8, 4) is 0 Å². The van der Waals surface area contributed by atoms with E-state index in [0.717, 1.165) is 32.5 Å². The summed E-state index contributed by atoms with van der Waals surface area (Å²) in [7, 11) is 0. The third kappa shape index (κ3) is 4.10. The Morgan fingerprint density at radius 2 is 2.00 bits per heavy atom. The van der Waals surface area contributed by atoms with Crippen LogP contribution in [0.1, 0.15) is 33.6 Å². The fraction of sp³-hybridized carbons (Fsp3) is 0.917. The summed E-state index contributed by atoms with van der Waals surface area (Å²) in [5.74, 6) is 0.654. The largest absolute Gasteiger partial charge is 0.392 e. The molecule has 0 saturated carbocycles. The molecule has 2 N–H and O–H groups in total. The number of nitrogens with one attached hydrogen (secondary N) is 1. The molecule has 1 aliphatic rings. The molecule has 94 valence electrons. The maximum atomic E-state index is 10.8. The molecular weight excluding hydrogens is 204 g/mol. The summed E-state index contributed by atoms with van der Waals surface area (Å²) < 4.78 is 0. The molecule has 1 heterocycles. The molecule has 1 aliphatic heterocycles. The molecule has 1 rings (SSSR count). The first-order chi connectivity index (χ1) is 7.50. The Kier molecular flexibility index (Phi) is 5.22. The molecule has 1 fully saturated rings. The predicted octanol–water partition coefficient (Wildman–Crippen LogP) is 0.604. The average Bonchev–Trinajstić information content (AvgIpc) is 2.26. The zero-order valence-electron chi connectivity index (χ0n) is 10.6. The molecule has 4 heteroatoms. The van der Waals surface area contributed by atoms with Gasteiger partial charge >= 0.3 is 0 Å². The third-order valence-electron chi connectivity index (χ3n) is 3.56. The van der Waals surface area contributed by atoms with Gasteiger partial charge in [-0.05, 0) is 45.7 Å². The van der Waals surface area contributed by atoms with Crippen molar-refractivity contribution in [2.75, 3.05) is 19.6 Å². The van der Waals surface area contributed by atoms with Gasteiger partial charge in [-0.3, -0.25) is 9.69 Å². The Labute approximate surface area is 98.0 Å². The fourth-order valence-electron chi connectivity index (χ4n) is 2.16. The first kappa shape index (κ1) is 13.5. The maximum Gasteiger partial charge on any atom is 0.216 e. The van der Waals surface area contributed by atoms with E-state index in [1.54, 1.807) is 6.92 Å². The summed E-state index contributed by atoms with van der Waals surface area (Å²) in [6.45, 7) is 8.32. The van der Waals surface area contributed by atoms with Gasteiger partial charge in [0.1, 0.15) is 0 Å². The fourth-order valence-corrected chi connectivity index (χ4v) is 2.16. The van der Waals surface area contributed by atoms with Crippen LogP contribution in [0, 0.1) is 5.92 Å². The van der Waals surface area contributed by atoms with Crippen LogP contribution in [0.15, 0.2) is 0 Å². The minimum Gasteiger partial charge on any atom is -0.392 e. The molecule has 0 aliphatic carbocycles. The molecule has 2 atom stereocenters. The van der Waals surface area contributed by atoms with Crippen molar-refractivity contribution in [2.45, 2.75) is 45.8 Å². The molecule has 0 aromatic carbocycles. The van der Waals surface area contributed by atoms with Crippen LogP contribution in [0.2, 0.25) is 0 Å². The maximum absolute atomic E-state index is 10.8. The Balaban J connectivity index is 2.25. The van der Waals surface area contributed by atoms with E-state index < -0.39 is 0 Å². The minimum atomic E-state index is -0.271. The molecule has 16 heavy (non-hydrogen) atoms. The number of amides is 1. The van der Waals surface area contributed by atoms with Gasteiger partial charge in [0.25, 0.3) is 0 Å². The number of hydrogen-bond acceptors (Lipinski definition) is 3. The molecule has 1 saturated heterocycles. The highest BCUT2D eigenvalue weighted by atomic mass is 16.3. The first-order valence-electron chi connectivity index (χ1n) is 6.17. The van der Waals surface area contributed by atoms with Crippen molar-refractivity contribution in [3.05, 3.63) is 0 Å². The van der Waals surface area contributed by atoms with Crippen molar-refractivity contribution in [3.63, 3.8) is 0 Å². The molecule has 0 aromatic rings. The molecule has 0 spiro atoms.